The first kappa shape index (κ1) is 17.6. The average Bonchev–Trinajstić information content (AvgIpc) is 3.10. The van der Waals surface area contributed by atoms with E-state index in [1.54, 1.807) is 10.8 Å². The largest absolute Gasteiger partial charge is 0.493 e. The molecule has 2 N–H and O–H groups in total. The molecule has 0 saturated carbocycles. The summed E-state index contributed by atoms with van der Waals surface area (Å²) in [7, 11) is 0. The van der Waals surface area contributed by atoms with Crippen molar-refractivity contribution in [1.29, 1.82) is 0 Å². The Kier molecular flexibility index (Phi) is 5.45. The van der Waals surface area contributed by atoms with Gasteiger partial charge in [-0.2, -0.15) is 0 Å². The molecule has 1 aliphatic rings. The monoisotopic (exact) mass is 374 g/mol. The third kappa shape index (κ3) is 4.05. The van der Waals surface area contributed by atoms with Crippen LogP contribution in [0.1, 0.15) is 36.1 Å². The lowest BCUT2D eigenvalue weighted by Gasteiger charge is -2.04. The molecule has 1 aliphatic heterocycles. The van der Waals surface area contributed by atoms with E-state index in [0.29, 0.717) is 21.8 Å². The number of unbranched alkanes of at least 4 members (excludes halogenated alkanes) is 2. The fraction of sp³-hybridized carbons (Fsp3) is 0.278. The highest BCUT2D eigenvalue weighted by Gasteiger charge is 2.15. The second-order valence-electron chi connectivity index (χ2n) is 5.79. The number of aliphatic carboxylic acids is 1. The first-order valence-corrected chi connectivity index (χ1v) is 9.28. The number of allylic oxidation sites excluding steroid dienone is 1. The molecule has 0 atom stereocenters. The molecule has 3 rings (SSSR count). The summed E-state index contributed by atoms with van der Waals surface area (Å²) in [4.78, 5) is 15.6. The molecule has 0 aliphatic carbocycles. The van der Waals surface area contributed by atoms with Gasteiger partial charge in [0.1, 0.15) is 0 Å². The van der Waals surface area contributed by atoms with Gasteiger partial charge >= 0.3 is 5.97 Å². The van der Waals surface area contributed by atoms with Crippen molar-refractivity contribution >= 4 is 53.1 Å². The van der Waals surface area contributed by atoms with Gasteiger partial charge in [0.15, 0.2) is 3.95 Å². The Labute approximate surface area is 154 Å². The minimum Gasteiger partial charge on any atom is -0.493 e. The Hall–Kier alpha value is -2.25. The van der Waals surface area contributed by atoms with Gasteiger partial charge in [0.05, 0.1) is 10.6 Å². The fourth-order valence-corrected chi connectivity index (χ4v) is 4.03. The molecule has 1 aromatic heterocycles. The zero-order valence-corrected chi connectivity index (χ0v) is 15.1. The van der Waals surface area contributed by atoms with Gasteiger partial charge < -0.3 is 10.2 Å². The van der Waals surface area contributed by atoms with Crippen LogP contribution in [-0.2, 0) is 11.3 Å². The molecule has 0 saturated heterocycles. The van der Waals surface area contributed by atoms with E-state index >= 15 is 0 Å². The molecule has 0 bridgehead atoms. The number of carboxylic acid groups (broad SMARTS) is 1. The van der Waals surface area contributed by atoms with Crippen LogP contribution in [0.15, 0.2) is 29.3 Å². The maximum absolute atomic E-state index is 10.5. The van der Waals surface area contributed by atoms with Crippen molar-refractivity contribution in [3.8, 4) is 5.88 Å². The predicted octanol–water partition coefficient (Wildman–Crippen LogP) is 4.89. The van der Waals surface area contributed by atoms with Crippen LogP contribution in [0.25, 0.3) is 11.6 Å². The number of benzene rings is 1. The summed E-state index contributed by atoms with van der Waals surface area (Å²) in [5.41, 5.74) is 2.92. The lowest BCUT2D eigenvalue weighted by Crippen LogP contribution is -1.99. The number of aromatic hydroxyl groups is 1. The first-order chi connectivity index (χ1) is 12.1. The van der Waals surface area contributed by atoms with Crippen LogP contribution in [0, 0.1) is 3.95 Å². The molecule has 2 heterocycles. The van der Waals surface area contributed by atoms with E-state index in [-0.39, 0.29) is 12.3 Å². The molecular weight excluding hydrogens is 356 g/mol. The van der Waals surface area contributed by atoms with Gasteiger partial charge in [-0.15, -0.1) is 11.3 Å². The maximum Gasteiger partial charge on any atom is 0.303 e. The highest BCUT2D eigenvalue weighted by Crippen LogP contribution is 2.35. The molecular formula is C18H18N2O3S2. The lowest BCUT2D eigenvalue weighted by molar-refractivity contribution is -0.137. The van der Waals surface area contributed by atoms with Crippen LogP contribution in [0.5, 0.6) is 5.88 Å². The van der Waals surface area contributed by atoms with Crippen molar-refractivity contribution in [2.75, 3.05) is 0 Å². The van der Waals surface area contributed by atoms with E-state index in [1.165, 1.54) is 11.3 Å². The molecule has 0 radical (unpaired) electrons. The number of carbonyl (C=O) groups is 1. The Balaban J connectivity index is 1.73. The smallest absolute Gasteiger partial charge is 0.303 e. The molecule has 25 heavy (non-hydrogen) atoms. The highest BCUT2D eigenvalue weighted by atomic mass is 32.1. The SMILES string of the molecule is O=C(O)CCCCCn1c(O)c(/C=C2/C=Nc3ccccc32)sc1=S. The van der Waals surface area contributed by atoms with Gasteiger partial charge in [0.2, 0.25) is 5.88 Å². The molecule has 7 heteroatoms. The van der Waals surface area contributed by atoms with Gasteiger partial charge in [-0.05, 0) is 37.2 Å². The van der Waals surface area contributed by atoms with Gasteiger partial charge in [0.25, 0.3) is 0 Å². The van der Waals surface area contributed by atoms with E-state index in [9.17, 15) is 9.90 Å². The van der Waals surface area contributed by atoms with Gasteiger partial charge in [0, 0.05) is 30.3 Å². The third-order valence-electron chi connectivity index (χ3n) is 4.01. The standard InChI is InChI=1S/C18H18N2O3S2/c21-16(22)8-2-1-5-9-20-17(23)15(25-18(20)24)10-12-11-19-14-7-4-3-6-13(12)14/h3-4,6-7,10-11,23H,1-2,5,8-9H2,(H,21,22)/b12-10-. The van der Waals surface area contributed by atoms with Crippen LogP contribution in [-0.4, -0.2) is 27.0 Å². The lowest BCUT2D eigenvalue weighted by atomic mass is 10.1. The number of hydrogen-bond donors (Lipinski definition) is 2. The van der Waals surface area contributed by atoms with E-state index in [4.69, 9.17) is 17.3 Å². The van der Waals surface area contributed by atoms with Gasteiger partial charge in [-0.3, -0.25) is 14.4 Å². The van der Waals surface area contributed by atoms with Crippen LogP contribution in [0.3, 0.4) is 0 Å². The van der Waals surface area contributed by atoms with Crippen molar-refractivity contribution < 1.29 is 15.0 Å². The summed E-state index contributed by atoms with van der Waals surface area (Å²) in [6.07, 6.45) is 6.09. The predicted molar refractivity (Wildman–Crippen MR) is 103 cm³/mol. The van der Waals surface area contributed by atoms with E-state index < -0.39 is 5.97 Å². The van der Waals surface area contributed by atoms with Crippen LogP contribution < -0.4 is 0 Å². The van der Waals surface area contributed by atoms with Crippen LogP contribution in [0.4, 0.5) is 5.69 Å². The number of aliphatic imine (C=N–C) groups is 1. The molecule has 0 spiro atoms. The first-order valence-electron chi connectivity index (χ1n) is 8.06. The number of fused-ring (bicyclic) bond motifs is 1. The summed E-state index contributed by atoms with van der Waals surface area (Å²) in [6, 6.07) is 7.87. The van der Waals surface area contributed by atoms with Crippen LogP contribution in [0.2, 0.25) is 0 Å². The number of nitrogens with zero attached hydrogens (tertiary/aromatic N) is 2. The zero-order chi connectivity index (χ0) is 17.8. The maximum atomic E-state index is 10.5. The van der Waals surface area contributed by atoms with Crippen molar-refractivity contribution in [3.63, 3.8) is 0 Å². The highest BCUT2D eigenvalue weighted by molar-refractivity contribution is 7.73. The molecule has 0 unspecified atom stereocenters. The topological polar surface area (TPSA) is 74.8 Å². The fourth-order valence-electron chi connectivity index (χ4n) is 2.72. The summed E-state index contributed by atoms with van der Waals surface area (Å²) < 4.78 is 2.33. The van der Waals surface area contributed by atoms with E-state index in [2.05, 4.69) is 4.99 Å². The second-order valence-corrected chi connectivity index (χ2v) is 7.46. The van der Waals surface area contributed by atoms with Crippen molar-refractivity contribution in [3.05, 3.63) is 38.7 Å². The number of thiazole rings is 1. The Bertz CT molecular complexity index is 909. The summed E-state index contributed by atoms with van der Waals surface area (Å²) in [6.45, 7) is 0.592. The average molecular weight is 374 g/mol. The summed E-state index contributed by atoms with van der Waals surface area (Å²) >= 11 is 6.73. The Morgan fingerprint density at radius 2 is 2.08 bits per heavy atom. The Morgan fingerprint density at radius 3 is 2.88 bits per heavy atom. The number of hydrogen-bond acceptors (Lipinski definition) is 5. The molecule has 0 amide bonds. The molecule has 2 aromatic rings. The van der Waals surface area contributed by atoms with Crippen molar-refractivity contribution in [2.24, 2.45) is 4.99 Å². The minimum absolute atomic E-state index is 0.165. The molecule has 0 fully saturated rings. The summed E-state index contributed by atoms with van der Waals surface area (Å²) in [5.74, 6) is -0.610. The van der Waals surface area contributed by atoms with Crippen LogP contribution >= 0.6 is 23.6 Å². The normalized spacial score (nSPS) is 14.2. The number of carboxylic acids is 1. The van der Waals surface area contributed by atoms with Gasteiger partial charge in [-0.25, -0.2) is 0 Å². The number of para-hydroxylation sites is 1. The van der Waals surface area contributed by atoms with Crippen molar-refractivity contribution in [1.82, 2.24) is 4.57 Å². The minimum atomic E-state index is -0.776. The Morgan fingerprint density at radius 1 is 1.28 bits per heavy atom. The molecule has 1 aromatic carbocycles. The second kappa shape index (κ2) is 7.76. The molecule has 5 nitrogen and oxygen atoms in total. The summed E-state index contributed by atoms with van der Waals surface area (Å²) in [5, 5.41) is 19.1. The van der Waals surface area contributed by atoms with Gasteiger partial charge in [-0.1, -0.05) is 24.6 Å². The molecule has 130 valence electrons. The van der Waals surface area contributed by atoms with E-state index in [0.717, 1.165) is 29.7 Å². The number of rotatable bonds is 7. The third-order valence-corrected chi connectivity index (χ3v) is 5.40. The van der Waals surface area contributed by atoms with Crippen molar-refractivity contribution in [2.45, 2.75) is 32.2 Å². The van der Waals surface area contributed by atoms with E-state index in [1.807, 2.05) is 30.3 Å². The zero-order valence-electron chi connectivity index (χ0n) is 13.5. The quantitative estimate of drug-likeness (QED) is 0.535. The number of aromatic nitrogens is 1.